The van der Waals surface area contributed by atoms with Crippen molar-refractivity contribution in [2.75, 3.05) is 33.8 Å². The average molecular weight is 200 g/mol. The first-order chi connectivity index (χ1) is 6.65. The Kier molecular flexibility index (Phi) is 3.88. The second-order valence-electron chi connectivity index (χ2n) is 3.46. The van der Waals surface area contributed by atoms with E-state index in [4.69, 9.17) is 0 Å². The smallest absolute Gasteiger partial charge is 0.325 e. The molecule has 0 radical (unpaired) electrons. The summed E-state index contributed by atoms with van der Waals surface area (Å²) in [7, 11) is 2.94. The molecule has 1 N–H and O–H groups in total. The van der Waals surface area contributed by atoms with Crippen molar-refractivity contribution in [3.63, 3.8) is 0 Å². The second kappa shape index (κ2) is 4.95. The second-order valence-corrected chi connectivity index (χ2v) is 3.46. The third-order valence-corrected chi connectivity index (χ3v) is 2.38. The highest BCUT2D eigenvalue weighted by atomic mass is 16.5. The van der Waals surface area contributed by atoms with Crippen LogP contribution in [0.2, 0.25) is 0 Å². The fourth-order valence-corrected chi connectivity index (χ4v) is 1.51. The van der Waals surface area contributed by atoms with Crippen LogP contribution < -0.4 is 5.32 Å². The molecule has 1 rings (SSSR count). The third-order valence-electron chi connectivity index (χ3n) is 2.38. The lowest BCUT2D eigenvalue weighted by molar-refractivity contribution is -0.147. The van der Waals surface area contributed by atoms with E-state index < -0.39 is 0 Å². The van der Waals surface area contributed by atoms with E-state index in [1.165, 1.54) is 12.0 Å². The molecule has 14 heavy (non-hydrogen) atoms. The summed E-state index contributed by atoms with van der Waals surface area (Å²) in [5.41, 5.74) is 0. The highest BCUT2D eigenvalue weighted by Gasteiger charge is 2.26. The predicted octanol–water partition coefficient (Wildman–Crippen LogP) is -0.773. The van der Waals surface area contributed by atoms with Gasteiger partial charge >= 0.3 is 5.97 Å². The molecule has 1 amide bonds. The quantitative estimate of drug-likeness (QED) is 0.608. The largest absolute Gasteiger partial charge is 0.468 e. The van der Waals surface area contributed by atoms with E-state index >= 15 is 0 Å². The van der Waals surface area contributed by atoms with E-state index in [1.54, 1.807) is 7.05 Å². The normalized spacial score (nSPS) is 20.6. The summed E-state index contributed by atoms with van der Waals surface area (Å²) in [5, 5.41) is 3.11. The molecule has 0 saturated carbocycles. The van der Waals surface area contributed by atoms with Gasteiger partial charge in [0.2, 0.25) is 5.91 Å². The SMILES string of the molecule is COC(=O)CN(C)C(=O)C1CCNC1. The van der Waals surface area contributed by atoms with Gasteiger partial charge in [-0.2, -0.15) is 0 Å². The van der Waals surface area contributed by atoms with Crippen LogP contribution >= 0.6 is 0 Å². The van der Waals surface area contributed by atoms with Crippen LogP contribution in [0.15, 0.2) is 0 Å². The zero-order valence-corrected chi connectivity index (χ0v) is 8.58. The predicted molar refractivity (Wildman–Crippen MR) is 50.6 cm³/mol. The van der Waals surface area contributed by atoms with Crippen molar-refractivity contribution in [2.24, 2.45) is 5.92 Å². The van der Waals surface area contributed by atoms with E-state index in [1.807, 2.05) is 0 Å². The van der Waals surface area contributed by atoms with Gasteiger partial charge in [0.15, 0.2) is 0 Å². The lowest BCUT2D eigenvalue weighted by atomic mass is 10.1. The van der Waals surface area contributed by atoms with Gasteiger partial charge in [-0.15, -0.1) is 0 Å². The Hall–Kier alpha value is -1.10. The number of hydrogen-bond acceptors (Lipinski definition) is 4. The van der Waals surface area contributed by atoms with Crippen LogP contribution in [0.25, 0.3) is 0 Å². The molecule has 0 aromatic carbocycles. The first-order valence-electron chi connectivity index (χ1n) is 4.67. The molecule has 1 unspecified atom stereocenters. The number of methoxy groups -OCH3 is 1. The minimum absolute atomic E-state index is 0.0143. The molecule has 80 valence electrons. The lowest BCUT2D eigenvalue weighted by Crippen LogP contribution is -2.37. The first kappa shape index (κ1) is 11.0. The molecule has 0 spiro atoms. The van der Waals surface area contributed by atoms with Crippen LogP contribution in [-0.4, -0.2) is 50.6 Å². The van der Waals surface area contributed by atoms with Crippen LogP contribution in [0.4, 0.5) is 0 Å². The Labute approximate surface area is 83.4 Å². The highest BCUT2D eigenvalue weighted by molar-refractivity contribution is 5.83. The number of nitrogens with zero attached hydrogens (tertiary/aromatic N) is 1. The molecular formula is C9H16N2O3. The van der Waals surface area contributed by atoms with Crippen molar-refractivity contribution < 1.29 is 14.3 Å². The molecule has 1 atom stereocenters. The number of amides is 1. The standard InChI is InChI=1S/C9H16N2O3/c1-11(6-8(12)14-2)9(13)7-3-4-10-5-7/h7,10H,3-6H2,1-2H3. The number of hydrogen-bond donors (Lipinski definition) is 1. The van der Waals surface area contributed by atoms with Gasteiger partial charge in [0.1, 0.15) is 6.54 Å². The van der Waals surface area contributed by atoms with E-state index in [-0.39, 0.29) is 24.3 Å². The number of carbonyl (C=O) groups excluding carboxylic acids is 2. The van der Waals surface area contributed by atoms with Gasteiger partial charge in [0, 0.05) is 13.6 Å². The minimum Gasteiger partial charge on any atom is -0.468 e. The summed E-state index contributed by atoms with van der Waals surface area (Å²) in [6.45, 7) is 1.62. The van der Waals surface area contributed by atoms with Crippen molar-refractivity contribution in [3.8, 4) is 0 Å². The van der Waals surface area contributed by atoms with Gasteiger partial charge < -0.3 is 15.0 Å². The summed E-state index contributed by atoms with van der Waals surface area (Å²) in [4.78, 5) is 24.0. The van der Waals surface area contributed by atoms with E-state index in [9.17, 15) is 9.59 Å². The maximum Gasteiger partial charge on any atom is 0.325 e. The summed E-state index contributed by atoms with van der Waals surface area (Å²) in [6.07, 6.45) is 0.852. The summed E-state index contributed by atoms with van der Waals surface area (Å²) in [6, 6.07) is 0. The lowest BCUT2D eigenvalue weighted by Gasteiger charge is -2.18. The molecular weight excluding hydrogens is 184 g/mol. The monoisotopic (exact) mass is 200 g/mol. The van der Waals surface area contributed by atoms with Crippen LogP contribution in [0.5, 0.6) is 0 Å². The van der Waals surface area contributed by atoms with Gasteiger partial charge in [0.25, 0.3) is 0 Å². The summed E-state index contributed by atoms with van der Waals surface area (Å²) >= 11 is 0. The molecule has 1 saturated heterocycles. The molecule has 0 aliphatic carbocycles. The number of rotatable bonds is 3. The van der Waals surface area contributed by atoms with Gasteiger partial charge in [0.05, 0.1) is 13.0 Å². The number of likely N-dealkylation sites (N-methyl/N-ethyl adjacent to an activating group) is 1. The Bertz CT molecular complexity index is 224. The third kappa shape index (κ3) is 2.70. The molecule has 1 aliphatic heterocycles. The van der Waals surface area contributed by atoms with Crippen molar-refractivity contribution in [1.82, 2.24) is 10.2 Å². The van der Waals surface area contributed by atoms with E-state index in [0.717, 1.165) is 13.0 Å². The highest BCUT2D eigenvalue weighted by Crippen LogP contribution is 2.10. The van der Waals surface area contributed by atoms with E-state index in [2.05, 4.69) is 10.1 Å². The number of ether oxygens (including phenoxy) is 1. The molecule has 5 heteroatoms. The molecule has 0 bridgehead atoms. The van der Waals surface area contributed by atoms with Gasteiger partial charge in [-0.05, 0) is 13.0 Å². The summed E-state index contributed by atoms with van der Waals surface area (Å²) < 4.78 is 4.49. The Morgan fingerprint density at radius 3 is 2.79 bits per heavy atom. The Morgan fingerprint density at radius 2 is 2.29 bits per heavy atom. The summed E-state index contributed by atoms with van der Waals surface area (Å²) in [5.74, 6) is -0.350. The topological polar surface area (TPSA) is 58.6 Å². The maximum absolute atomic E-state index is 11.7. The zero-order valence-electron chi connectivity index (χ0n) is 8.58. The molecule has 0 aromatic rings. The fourth-order valence-electron chi connectivity index (χ4n) is 1.51. The molecule has 5 nitrogen and oxygen atoms in total. The number of carbonyl (C=O) groups is 2. The zero-order chi connectivity index (χ0) is 10.6. The van der Waals surface area contributed by atoms with E-state index in [0.29, 0.717) is 6.54 Å². The maximum atomic E-state index is 11.7. The molecule has 1 aliphatic rings. The van der Waals surface area contributed by atoms with Gasteiger partial charge in [-0.25, -0.2) is 0 Å². The Balaban J connectivity index is 2.39. The molecule has 1 fully saturated rings. The van der Waals surface area contributed by atoms with Gasteiger partial charge in [-0.1, -0.05) is 0 Å². The minimum atomic E-state index is -0.383. The Morgan fingerprint density at radius 1 is 1.57 bits per heavy atom. The van der Waals surface area contributed by atoms with Crippen molar-refractivity contribution in [1.29, 1.82) is 0 Å². The van der Waals surface area contributed by atoms with Crippen LogP contribution in [-0.2, 0) is 14.3 Å². The molecule has 1 heterocycles. The van der Waals surface area contributed by atoms with Crippen molar-refractivity contribution in [2.45, 2.75) is 6.42 Å². The van der Waals surface area contributed by atoms with Crippen LogP contribution in [0, 0.1) is 5.92 Å². The van der Waals surface area contributed by atoms with Crippen LogP contribution in [0.3, 0.4) is 0 Å². The van der Waals surface area contributed by atoms with Crippen molar-refractivity contribution in [3.05, 3.63) is 0 Å². The average Bonchev–Trinajstić information content (AvgIpc) is 2.69. The fraction of sp³-hybridized carbons (Fsp3) is 0.778. The first-order valence-corrected chi connectivity index (χ1v) is 4.67. The van der Waals surface area contributed by atoms with Crippen molar-refractivity contribution >= 4 is 11.9 Å². The number of esters is 1. The van der Waals surface area contributed by atoms with Crippen LogP contribution in [0.1, 0.15) is 6.42 Å². The number of nitrogens with one attached hydrogen (secondary N) is 1. The molecule has 0 aromatic heterocycles. The van der Waals surface area contributed by atoms with Gasteiger partial charge in [-0.3, -0.25) is 9.59 Å².